The maximum absolute atomic E-state index is 11.3. The van der Waals surface area contributed by atoms with Crippen molar-refractivity contribution < 1.29 is 4.79 Å². The third-order valence-electron chi connectivity index (χ3n) is 1.71. The third kappa shape index (κ3) is 3.79. The lowest BCUT2D eigenvalue weighted by molar-refractivity contribution is -0.126. The Morgan fingerprint density at radius 1 is 1.53 bits per heavy atom. The van der Waals surface area contributed by atoms with Crippen LogP contribution in [0.25, 0.3) is 0 Å². The first kappa shape index (κ1) is 12.4. The summed E-state index contributed by atoms with van der Waals surface area (Å²) in [6, 6.07) is 1.87. The zero-order chi connectivity index (χ0) is 11.4. The Labute approximate surface area is 105 Å². The molecular formula is C9H11Br2N3O. The Balaban J connectivity index is 2.62. The van der Waals surface area contributed by atoms with E-state index in [2.05, 4.69) is 42.2 Å². The topological polar surface area (TPSA) is 45.2 Å². The van der Waals surface area contributed by atoms with Crippen LogP contribution in [-0.4, -0.2) is 36.4 Å². The minimum Gasteiger partial charge on any atom is -0.360 e. The second-order valence-electron chi connectivity index (χ2n) is 3.13. The molecule has 1 aromatic heterocycles. The molecule has 0 aromatic carbocycles. The number of likely N-dealkylation sites (N-methyl/N-ethyl adjacent to an activating group) is 1. The summed E-state index contributed by atoms with van der Waals surface area (Å²) < 4.78 is 1.71. The van der Waals surface area contributed by atoms with Gasteiger partial charge in [0.1, 0.15) is 5.82 Å². The lowest BCUT2D eigenvalue weighted by Gasteiger charge is -2.12. The first-order chi connectivity index (χ1) is 7.00. The van der Waals surface area contributed by atoms with Gasteiger partial charge in [-0.25, -0.2) is 4.98 Å². The van der Waals surface area contributed by atoms with Crippen LogP contribution >= 0.6 is 31.9 Å². The van der Waals surface area contributed by atoms with Crippen LogP contribution < -0.4 is 5.32 Å². The summed E-state index contributed by atoms with van der Waals surface area (Å²) in [5.41, 5.74) is 0. The van der Waals surface area contributed by atoms with Gasteiger partial charge in [-0.3, -0.25) is 4.79 Å². The van der Waals surface area contributed by atoms with Gasteiger partial charge in [0.15, 0.2) is 0 Å². The first-order valence-electron chi connectivity index (χ1n) is 4.26. The molecule has 0 saturated carbocycles. The number of nitrogens with one attached hydrogen (secondary N) is 1. The van der Waals surface area contributed by atoms with E-state index >= 15 is 0 Å². The van der Waals surface area contributed by atoms with Crippen LogP contribution in [0, 0.1) is 0 Å². The van der Waals surface area contributed by atoms with Crippen molar-refractivity contribution in [3.63, 3.8) is 0 Å². The number of nitrogens with zero attached hydrogens (tertiary/aromatic N) is 2. The highest BCUT2D eigenvalue weighted by Gasteiger charge is 2.06. The maximum atomic E-state index is 11.3. The van der Waals surface area contributed by atoms with Crippen molar-refractivity contribution in [1.29, 1.82) is 0 Å². The van der Waals surface area contributed by atoms with Gasteiger partial charge in [0.05, 0.1) is 11.0 Å². The molecule has 1 heterocycles. The number of carbonyl (C=O) groups excluding carboxylic acids is 1. The zero-order valence-electron chi connectivity index (χ0n) is 8.42. The molecule has 4 nitrogen and oxygen atoms in total. The summed E-state index contributed by atoms with van der Waals surface area (Å²) in [5.74, 6) is 0.667. The Kier molecular flexibility index (Phi) is 4.53. The fraction of sp³-hybridized carbons (Fsp3) is 0.333. The quantitative estimate of drug-likeness (QED) is 0.919. The second kappa shape index (κ2) is 5.46. The highest BCUT2D eigenvalue weighted by Crippen LogP contribution is 2.23. The van der Waals surface area contributed by atoms with E-state index in [1.165, 1.54) is 4.90 Å². The monoisotopic (exact) mass is 335 g/mol. The number of carbonyl (C=O) groups is 1. The number of pyridine rings is 1. The fourth-order valence-corrected chi connectivity index (χ4v) is 1.99. The van der Waals surface area contributed by atoms with Gasteiger partial charge in [0.2, 0.25) is 5.91 Å². The molecule has 0 unspecified atom stereocenters. The van der Waals surface area contributed by atoms with Crippen LogP contribution in [0.3, 0.4) is 0 Å². The van der Waals surface area contributed by atoms with Gasteiger partial charge >= 0.3 is 0 Å². The van der Waals surface area contributed by atoms with Gasteiger partial charge in [0.25, 0.3) is 0 Å². The third-order valence-corrected chi connectivity index (χ3v) is 2.75. The molecule has 0 aliphatic carbocycles. The van der Waals surface area contributed by atoms with Crippen LogP contribution in [0.1, 0.15) is 0 Å². The number of halogens is 2. The van der Waals surface area contributed by atoms with Crippen molar-refractivity contribution >= 4 is 43.6 Å². The van der Waals surface area contributed by atoms with Gasteiger partial charge in [-0.2, -0.15) is 0 Å². The van der Waals surface area contributed by atoms with E-state index in [1.54, 1.807) is 20.3 Å². The highest BCUT2D eigenvalue weighted by molar-refractivity contribution is 9.11. The van der Waals surface area contributed by atoms with E-state index in [-0.39, 0.29) is 12.5 Å². The average molecular weight is 337 g/mol. The molecule has 6 heteroatoms. The van der Waals surface area contributed by atoms with Crippen molar-refractivity contribution in [2.75, 3.05) is 26.0 Å². The molecule has 0 radical (unpaired) electrons. The van der Waals surface area contributed by atoms with Crippen molar-refractivity contribution in [1.82, 2.24) is 9.88 Å². The van der Waals surface area contributed by atoms with Crippen LogP contribution in [0.2, 0.25) is 0 Å². The van der Waals surface area contributed by atoms with E-state index in [9.17, 15) is 4.79 Å². The molecule has 1 amide bonds. The molecule has 0 saturated heterocycles. The summed E-state index contributed by atoms with van der Waals surface area (Å²) in [7, 11) is 3.43. The predicted octanol–water partition coefficient (Wildman–Crippen LogP) is 2.11. The molecule has 1 N–H and O–H groups in total. The summed E-state index contributed by atoms with van der Waals surface area (Å²) in [6.45, 7) is 0.236. The number of rotatable bonds is 3. The fourth-order valence-electron chi connectivity index (χ4n) is 0.862. The van der Waals surface area contributed by atoms with E-state index in [1.807, 2.05) is 6.07 Å². The molecule has 0 atom stereocenters. The Hall–Kier alpha value is -0.620. The van der Waals surface area contributed by atoms with Crippen LogP contribution in [0.15, 0.2) is 21.2 Å². The van der Waals surface area contributed by atoms with Crippen LogP contribution in [0.5, 0.6) is 0 Å². The normalized spacial score (nSPS) is 9.87. The minimum atomic E-state index is 0.00613. The molecule has 82 valence electrons. The second-order valence-corrected chi connectivity index (χ2v) is 4.90. The molecule has 0 spiro atoms. The number of aromatic nitrogens is 1. The van der Waals surface area contributed by atoms with Gasteiger partial charge < -0.3 is 10.2 Å². The molecule has 0 bridgehead atoms. The van der Waals surface area contributed by atoms with E-state index < -0.39 is 0 Å². The van der Waals surface area contributed by atoms with Crippen LogP contribution in [-0.2, 0) is 4.79 Å². The van der Waals surface area contributed by atoms with Crippen molar-refractivity contribution in [3.05, 3.63) is 21.2 Å². The van der Waals surface area contributed by atoms with Crippen LogP contribution in [0.4, 0.5) is 5.82 Å². The molecule has 0 fully saturated rings. The summed E-state index contributed by atoms with van der Waals surface area (Å²) in [6.07, 6.45) is 1.67. The first-order valence-corrected chi connectivity index (χ1v) is 5.84. The van der Waals surface area contributed by atoms with Gasteiger partial charge in [-0.1, -0.05) is 0 Å². The molecule has 15 heavy (non-hydrogen) atoms. The van der Waals surface area contributed by atoms with Crippen molar-refractivity contribution in [3.8, 4) is 0 Å². The van der Waals surface area contributed by atoms with E-state index in [4.69, 9.17) is 0 Å². The average Bonchev–Trinajstić information content (AvgIpc) is 2.15. The zero-order valence-corrected chi connectivity index (χ0v) is 11.6. The predicted molar refractivity (Wildman–Crippen MR) is 66.8 cm³/mol. The summed E-state index contributed by atoms with van der Waals surface area (Å²) in [4.78, 5) is 17.0. The number of hydrogen-bond donors (Lipinski definition) is 1. The SMILES string of the molecule is CN(C)C(=O)CNc1ncc(Br)cc1Br. The Morgan fingerprint density at radius 3 is 2.73 bits per heavy atom. The van der Waals surface area contributed by atoms with E-state index in [0.29, 0.717) is 5.82 Å². The lowest BCUT2D eigenvalue weighted by Crippen LogP contribution is -2.28. The highest BCUT2D eigenvalue weighted by atomic mass is 79.9. The smallest absolute Gasteiger partial charge is 0.241 e. The van der Waals surface area contributed by atoms with Gasteiger partial charge in [-0.05, 0) is 37.9 Å². The number of hydrogen-bond acceptors (Lipinski definition) is 3. The standard InChI is InChI=1S/C9H11Br2N3O/c1-14(2)8(15)5-13-9-7(11)3-6(10)4-12-9/h3-4H,5H2,1-2H3,(H,12,13). The molecule has 1 rings (SSSR count). The summed E-state index contributed by atoms with van der Waals surface area (Å²) in [5, 5.41) is 2.95. The molecule has 0 aliphatic heterocycles. The lowest BCUT2D eigenvalue weighted by atomic mass is 10.4. The van der Waals surface area contributed by atoms with Gasteiger partial charge in [-0.15, -0.1) is 0 Å². The minimum absolute atomic E-state index is 0.00613. The number of anilines is 1. The van der Waals surface area contributed by atoms with Crippen molar-refractivity contribution in [2.45, 2.75) is 0 Å². The molecule has 0 aliphatic rings. The van der Waals surface area contributed by atoms with Gasteiger partial charge in [0, 0.05) is 24.8 Å². The molecule has 1 aromatic rings. The largest absolute Gasteiger partial charge is 0.360 e. The van der Waals surface area contributed by atoms with E-state index in [0.717, 1.165) is 8.95 Å². The Bertz CT molecular complexity index is 368. The van der Waals surface area contributed by atoms with Crippen molar-refractivity contribution in [2.24, 2.45) is 0 Å². The molecular weight excluding hydrogens is 326 g/mol. The maximum Gasteiger partial charge on any atom is 0.241 e. The number of amides is 1. The summed E-state index contributed by atoms with van der Waals surface area (Å²) >= 11 is 6.66. The Morgan fingerprint density at radius 2 is 2.20 bits per heavy atom.